The summed E-state index contributed by atoms with van der Waals surface area (Å²) in [5.41, 5.74) is 0.0565. The van der Waals surface area contributed by atoms with Gasteiger partial charge in [-0.05, 0) is 41.6 Å². The first-order valence-corrected chi connectivity index (χ1v) is 9.15. The molecule has 2 aromatic heterocycles. The molecule has 2 heterocycles. The molecule has 29 heavy (non-hydrogen) atoms. The van der Waals surface area contributed by atoms with Crippen LogP contribution in [0.15, 0.2) is 69.0 Å². The van der Waals surface area contributed by atoms with E-state index in [1.807, 2.05) is 6.07 Å². The Morgan fingerprint density at radius 2 is 2.31 bits per heavy atom. The number of carbonyl (C=O) groups excluding carboxylic acids is 1. The molecule has 1 amide bonds. The minimum Gasteiger partial charge on any atom is -0.467 e. The minimum absolute atomic E-state index is 0.129. The number of nitro groups is 1. The highest BCUT2D eigenvalue weighted by Crippen LogP contribution is 2.34. The van der Waals surface area contributed by atoms with Gasteiger partial charge in [0, 0.05) is 25.5 Å². The van der Waals surface area contributed by atoms with Gasteiger partial charge >= 0.3 is 0 Å². The maximum atomic E-state index is 12.2. The first-order chi connectivity index (χ1) is 14.0. The van der Waals surface area contributed by atoms with Gasteiger partial charge in [-0.3, -0.25) is 14.9 Å². The summed E-state index contributed by atoms with van der Waals surface area (Å²) in [6, 6.07) is 9.69. The molecule has 0 unspecified atom stereocenters. The number of hydrogen-bond acceptors (Lipinski definition) is 7. The Morgan fingerprint density at radius 1 is 1.48 bits per heavy atom. The van der Waals surface area contributed by atoms with Crippen LogP contribution >= 0.6 is 11.8 Å². The monoisotopic (exact) mass is 409 g/mol. The number of rotatable bonds is 7. The molecular formula is C19H15N5O4S. The van der Waals surface area contributed by atoms with Crippen LogP contribution in [0.25, 0.3) is 6.08 Å². The second-order valence-electron chi connectivity index (χ2n) is 5.84. The minimum atomic E-state index is -0.599. The number of benzene rings is 1. The largest absolute Gasteiger partial charge is 0.467 e. The maximum absolute atomic E-state index is 12.2. The summed E-state index contributed by atoms with van der Waals surface area (Å²) >= 11 is 1.16. The third kappa shape index (κ3) is 4.91. The molecule has 0 aliphatic carbocycles. The molecule has 3 rings (SSSR count). The number of amides is 1. The van der Waals surface area contributed by atoms with Gasteiger partial charge in [0.05, 0.1) is 22.6 Å². The summed E-state index contributed by atoms with van der Waals surface area (Å²) in [4.78, 5) is 27.8. The Kier molecular flexibility index (Phi) is 6.11. The molecule has 1 N–H and O–H groups in total. The summed E-state index contributed by atoms with van der Waals surface area (Å²) in [7, 11) is 1.79. The molecule has 0 atom stereocenters. The second-order valence-corrected chi connectivity index (χ2v) is 6.85. The van der Waals surface area contributed by atoms with E-state index in [0.29, 0.717) is 21.4 Å². The number of hydrogen-bond donors (Lipinski definition) is 1. The fraction of sp³-hybridized carbons (Fsp3) is 0.105. The third-order valence-electron chi connectivity index (χ3n) is 3.84. The molecule has 0 bridgehead atoms. The van der Waals surface area contributed by atoms with Gasteiger partial charge in [0.15, 0.2) is 5.16 Å². The van der Waals surface area contributed by atoms with Crippen LogP contribution in [0.1, 0.15) is 11.3 Å². The normalized spacial score (nSPS) is 11.1. The Labute approximate surface area is 169 Å². The molecule has 10 heteroatoms. The van der Waals surface area contributed by atoms with Crippen molar-refractivity contribution in [1.82, 2.24) is 14.9 Å². The van der Waals surface area contributed by atoms with E-state index >= 15 is 0 Å². The van der Waals surface area contributed by atoms with Gasteiger partial charge in [-0.2, -0.15) is 5.26 Å². The van der Waals surface area contributed by atoms with Gasteiger partial charge in [-0.15, -0.1) is 0 Å². The zero-order valence-electron chi connectivity index (χ0n) is 15.2. The van der Waals surface area contributed by atoms with Crippen molar-refractivity contribution in [2.24, 2.45) is 7.05 Å². The van der Waals surface area contributed by atoms with Gasteiger partial charge in [0.25, 0.3) is 11.6 Å². The lowest BCUT2D eigenvalue weighted by molar-refractivity contribution is -0.387. The highest BCUT2D eigenvalue weighted by molar-refractivity contribution is 7.99. The van der Waals surface area contributed by atoms with E-state index in [-0.39, 0.29) is 17.8 Å². The van der Waals surface area contributed by atoms with Crippen LogP contribution in [-0.4, -0.2) is 20.4 Å². The van der Waals surface area contributed by atoms with E-state index < -0.39 is 10.8 Å². The summed E-state index contributed by atoms with van der Waals surface area (Å²) < 4.78 is 6.87. The van der Waals surface area contributed by atoms with Crippen LogP contribution in [0.4, 0.5) is 5.69 Å². The number of nitrogens with one attached hydrogen (secondary N) is 1. The topological polar surface area (TPSA) is 127 Å². The Bertz CT molecular complexity index is 1110. The second kappa shape index (κ2) is 8.90. The zero-order valence-corrected chi connectivity index (χ0v) is 16.0. The molecule has 1 aromatic carbocycles. The summed E-state index contributed by atoms with van der Waals surface area (Å²) in [6.45, 7) is 0.129. The van der Waals surface area contributed by atoms with E-state index in [2.05, 4.69) is 10.3 Å². The molecule has 146 valence electrons. The van der Waals surface area contributed by atoms with Crippen molar-refractivity contribution in [1.29, 1.82) is 5.26 Å². The van der Waals surface area contributed by atoms with Crippen LogP contribution < -0.4 is 5.32 Å². The van der Waals surface area contributed by atoms with Crippen molar-refractivity contribution in [3.8, 4) is 6.07 Å². The van der Waals surface area contributed by atoms with Gasteiger partial charge < -0.3 is 14.3 Å². The average molecular weight is 409 g/mol. The number of nitro benzene ring substituents is 1. The van der Waals surface area contributed by atoms with Crippen molar-refractivity contribution in [2.45, 2.75) is 16.6 Å². The van der Waals surface area contributed by atoms with E-state index in [4.69, 9.17) is 4.42 Å². The molecule has 0 radical (unpaired) electrons. The predicted octanol–water partition coefficient (Wildman–Crippen LogP) is 3.30. The molecule has 0 aliphatic rings. The lowest BCUT2D eigenvalue weighted by atomic mass is 10.1. The van der Waals surface area contributed by atoms with Crippen LogP contribution in [-0.2, 0) is 18.4 Å². The fourth-order valence-electron chi connectivity index (χ4n) is 2.39. The van der Waals surface area contributed by atoms with Crippen LogP contribution in [0, 0.1) is 21.4 Å². The van der Waals surface area contributed by atoms with Crippen LogP contribution in [0.5, 0.6) is 0 Å². The van der Waals surface area contributed by atoms with Gasteiger partial charge in [-0.25, -0.2) is 4.98 Å². The number of aromatic nitrogens is 2. The quantitative estimate of drug-likeness (QED) is 0.274. The van der Waals surface area contributed by atoms with Crippen molar-refractivity contribution in [3.05, 3.63) is 76.0 Å². The number of nitriles is 1. The van der Waals surface area contributed by atoms with E-state index in [0.717, 1.165) is 11.8 Å². The third-order valence-corrected chi connectivity index (χ3v) is 4.98. The molecule has 9 nitrogen and oxygen atoms in total. The standard InChI is InChI=1S/C19H15N5O4S/c1-23-7-6-21-19(23)29-17-5-4-13(10-16(17)24(26)27)9-14(11-20)18(25)22-12-15-3-2-8-28-15/h2-10H,12H2,1H3,(H,22,25). The fourth-order valence-corrected chi connectivity index (χ4v) is 3.28. The van der Waals surface area contributed by atoms with Crippen molar-refractivity contribution in [2.75, 3.05) is 0 Å². The van der Waals surface area contributed by atoms with Crippen LogP contribution in [0.3, 0.4) is 0 Å². The molecular weight excluding hydrogens is 394 g/mol. The first-order valence-electron chi connectivity index (χ1n) is 8.34. The number of carbonyl (C=O) groups is 1. The van der Waals surface area contributed by atoms with Crippen molar-refractivity contribution >= 4 is 29.4 Å². The lowest BCUT2D eigenvalue weighted by Gasteiger charge is -2.05. The SMILES string of the molecule is Cn1ccnc1Sc1ccc(C=C(C#N)C(=O)NCc2ccco2)cc1[N+](=O)[O-]. The van der Waals surface area contributed by atoms with E-state index in [9.17, 15) is 20.2 Å². The van der Waals surface area contributed by atoms with Crippen LogP contribution in [0.2, 0.25) is 0 Å². The Hall–Kier alpha value is -3.84. The molecule has 0 saturated carbocycles. The van der Waals surface area contributed by atoms with Gasteiger partial charge in [0.1, 0.15) is 17.4 Å². The van der Waals surface area contributed by atoms with Gasteiger partial charge in [-0.1, -0.05) is 6.07 Å². The Balaban J connectivity index is 1.82. The highest BCUT2D eigenvalue weighted by Gasteiger charge is 2.18. The Morgan fingerprint density at radius 3 is 2.93 bits per heavy atom. The molecule has 0 saturated heterocycles. The predicted molar refractivity (Wildman–Crippen MR) is 105 cm³/mol. The number of aryl methyl sites for hydroxylation is 1. The van der Waals surface area contributed by atoms with E-state index in [1.54, 1.807) is 48.3 Å². The van der Waals surface area contributed by atoms with E-state index in [1.165, 1.54) is 18.4 Å². The van der Waals surface area contributed by atoms with Crippen molar-refractivity contribution in [3.63, 3.8) is 0 Å². The number of furan rings is 1. The molecule has 0 spiro atoms. The summed E-state index contributed by atoms with van der Waals surface area (Å²) in [5, 5.41) is 24.0. The zero-order chi connectivity index (χ0) is 20.8. The average Bonchev–Trinajstić information content (AvgIpc) is 3.37. The molecule has 0 fully saturated rings. The summed E-state index contributed by atoms with van der Waals surface area (Å²) in [5.74, 6) is -0.0556. The number of imidazole rings is 1. The maximum Gasteiger partial charge on any atom is 0.283 e. The number of nitrogens with zero attached hydrogens (tertiary/aromatic N) is 4. The summed E-state index contributed by atoms with van der Waals surface area (Å²) in [6.07, 6.45) is 6.13. The first kappa shape index (κ1) is 19.9. The highest BCUT2D eigenvalue weighted by atomic mass is 32.2. The molecule has 0 aliphatic heterocycles. The lowest BCUT2D eigenvalue weighted by Crippen LogP contribution is -2.23. The smallest absolute Gasteiger partial charge is 0.283 e. The van der Waals surface area contributed by atoms with Crippen molar-refractivity contribution < 1.29 is 14.1 Å². The van der Waals surface area contributed by atoms with Gasteiger partial charge in [0.2, 0.25) is 0 Å². The molecule has 3 aromatic rings.